The number of aromatic nitrogens is 3. The van der Waals surface area contributed by atoms with Gasteiger partial charge in [0, 0.05) is 36.1 Å². The van der Waals surface area contributed by atoms with Gasteiger partial charge in [-0.1, -0.05) is 12.1 Å². The van der Waals surface area contributed by atoms with Gasteiger partial charge in [0.05, 0.1) is 18.3 Å². The Morgan fingerprint density at radius 1 is 1.21 bits per heavy atom. The molecular formula is C22H23FN4O2. The standard InChI is InChI=1S/C22H23FN4O2/c1-22(2)8-11-26-20(29)13-18(15-6-9-24-10-7-15)25-21(26)27(22)14-19(28)16-4-3-5-17(23)12-16/h3-7,9-10,12-13,19,28H,8,11,14H2,1-2H3/t19-/m0/s1. The fourth-order valence-corrected chi connectivity index (χ4v) is 3.69. The molecule has 0 bridgehead atoms. The van der Waals surface area contributed by atoms with Crippen molar-refractivity contribution in [1.29, 1.82) is 0 Å². The first kappa shape index (κ1) is 19.3. The Bertz CT molecular complexity index is 1080. The normalized spacial score (nSPS) is 16.3. The maximum atomic E-state index is 13.6. The SMILES string of the molecule is CC1(C)CCn2c(nc(-c3ccncc3)cc2=O)N1C[C@H](O)c1cccc(F)c1. The number of rotatable bonds is 4. The smallest absolute Gasteiger partial charge is 0.255 e. The van der Waals surface area contributed by atoms with Crippen LogP contribution in [-0.2, 0) is 6.54 Å². The number of anilines is 1. The fourth-order valence-electron chi connectivity index (χ4n) is 3.69. The summed E-state index contributed by atoms with van der Waals surface area (Å²) in [5, 5.41) is 10.8. The van der Waals surface area contributed by atoms with Crippen LogP contribution in [0.25, 0.3) is 11.3 Å². The molecule has 3 heterocycles. The molecule has 3 aromatic rings. The lowest BCUT2D eigenvalue weighted by Gasteiger charge is -2.45. The highest BCUT2D eigenvalue weighted by atomic mass is 19.1. The van der Waals surface area contributed by atoms with E-state index in [9.17, 15) is 14.3 Å². The van der Waals surface area contributed by atoms with Gasteiger partial charge >= 0.3 is 0 Å². The van der Waals surface area contributed by atoms with E-state index in [4.69, 9.17) is 4.98 Å². The third-order valence-electron chi connectivity index (χ3n) is 5.47. The summed E-state index contributed by atoms with van der Waals surface area (Å²) in [6, 6.07) is 11.1. The van der Waals surface area contributed by atoms with Crippen LogP contribution in [0.3, 0.4) is 0 Å². The van der Waals surface area contributed by atoms with Crippen molar-refractivity contribution in [1.82, 2.24) is 14.5 Å². The van der Waals surface area contributed by atoms with Crippen LogP contribution in [0, 0.1) is 5.82 Å². The minimum atomic E-state index is -0.919. The highest BCUT2D eigenvalue weighted by Crippen LogP contribution is 2.33. The number of fused-ring (bicyclic) bond motifs is 1. The predicted molar refractivity (Wildman–Crippen MR) is 109 cm³/mol. The average Bonchev–Trinajstić information content (AvgIpc) is 2.70. The van der Waals surface area contributed by atoms with E-state index in [0.717, 1.165) is 12.0 Å². The third kappa shape index (κ3) is 3.78. The molecule has 0 saturated heterocycles. The van der Waals surface area contributed by atoms with Gasteiger partial charge in [0.25, 0.3) is 5.56 Å². The van der Waals surface area contributed by atoms with Crippen LogP contribution < -0.4 is 10.5 Å². The molecule has 1 aliphatic rings. The van der Waals surface area contributed by atoms with Crippen molar-refractivity contribution in [3.63, 3.8) is 0 Å². The van der Waals surface area contributed by atoms with E-state index in [2.05, 4.69) is 18.8 Å². The molecule has 6 nitrogen and oxygen atoms in total. The topological polar surface area (TPSA) is 71.2 Å². The van der Waals surface area contributed by atoms with Gasteiger partial charge in [-0.2, -0.15) is 0 Å². The number of pyridine rings is 1. The molecule has 4 rings (SSSR count). The number of aliphatic hydroxyl groups excluding tert-OH is 1. The Morgan fingerprint density at radius 2 is 1.97 bits per heavy atom. The van der Waals surface area contributed by atoms with Crippen LogP contribution in [0.4, 0.5) is 10.3 Å². The second kappa shape index (κ2) is 7.40. The molecule has 1 aromatic carbocycles. The summed E-state index contributed by atoms with van der Waals surface area (Å²) < 4.78 is 15.2. The largest absolute Gasteiger partial charge is 0.387 e. The summed E-state index contributed by atoms with van der Waals surface area (Å²) in [6.45, 7) is 4.86. The van der Waals surface area contributed by atoms with Crippen LogP contribution in [0.15, 0.2) is 59.7 Å². The quantitative estimate of drug-likeness (QED) is 0.736. The number of halogens is 1. The van der Waals surface area contributed by atoms with Crippen molar-refractivity contribution in [2.45, 2.75) is 38.5 Å². The van der Waals surface area contributed by atoms with Gasteiger partial charge in [0.1, 0.15) is 5.82 Å². The minimum absolute atomic E-state index is 0.137. The number of hydrogen-bond acceptors (Lipinski definition) is 5. The number of benzene rings is 1. The third-order valence-corrected chi connectivity index (χ3v) is 5.47. The summed E-state index contributed by atoms with van der Waals surface area (Å²) >= 11 is 0. The van der Waals surface area contributed by atoms with E-state index in [-0.39, 0.29) is 17.6 Å². The summed E-state index contributed by atoms with van der Waals surface area (Å²) in [5.74, 6) is 0.116. The molecule has 1 atom stereocenters. The first-order chi connectivity index (χ1) is 13.8. The van der Waals surface area contributed by atoms with Crippen LogP contribution in [-0.4, -0.2) is 31.7 Å². The van der Waals surface area contributed by atoms with Crippen LogP contribution in [0.5, 0.6) is 0 Å². The Morgan fingerprint density at radius 3 is 2.69 bits per heavy atom. The highest BCUT2D eigenvalue weighted by molar-refractivity contribution is 5.60. The zero-order valence-electron chi connectivity index (χ0n) is 16.4. The van der Waals surface area contributed by atoms with E-state index in [0.29, 0.717) is 23.8 Å². The monoisotopic (exact) mass is 394 g/mol. The number of β-amino-alcohol motifs (C(OH)–C–C–N with tert-alkyl or cyclic N) is 1. The molecule has 1 aliphatic heterocycles. The molecule has 0 unspecified atom stereocenters. The Kier molecular flexibility index (Phi) is 4.92. The summed E-state index contributed by atoms with van der Waals surface area (Å²) in [5.41, 5.74) is 1.39. The van der Waals surface area contributed by atoms with Gasteiger partial charge in [-0.05, 0) is 50.1 Å². The lowest BCUT2D eigenvalue weighted by molar-refractivity contribution is 0.168. The van der Waals surface area contributed by atoms with Gasteiger partial charge in [-0.15, -0.1) is 0 Å². The first-order valence-electron chi connectivity index (χ1n) is 9.59. The molecule has 0 saturated carbocycles. The van der Waals surface area contributed by atoms with Gasteiger partial charge < -0.3 is 10.0 Å². The maximum absolute atomic E-state index is 13.6. The molecule has 29 heavy (non-hydrogen) atoms. The zero-order valence-corrected chi connectivity index (χ0v) is 16.4. The lowest BCUT2D eigenvalue weighted by atomic mass is 9.95. The molecular weight excluding hydrogens is 371 g/mol. The molecule has 0 fully saturated rings. The highest BCUT2D eigenvalue weighted by Gasteiger charge is 2.36. The van der Waals surface area contributed by atoms with Crippen molar-refractivity contribution in [2.24, 2.45) is 0 Å². The molecule has 0 aliphatic carbocycles. The molecule has 0 amide bonds. The Hall–Kier alpha value is -3.06. The summed E-state index contributed by atoms with van der Waals surface area (Å²) in [7, 11) is 0. The van der Waals surface area contributed by atoms with Gasteiger partial charge in [-0.25, -0.2) is 9.37 Å². The van der Waals surface area contributed by atoms with Crippen molar-refractivity contribution in [3.8, 4) is 11.3 Å². The summed E-state index contributed by atoms with van der Waals surface area (Å²) in [6.07, 6.45) is 3.12. The maximum Gasteiger partial charge on any atom is 0.255 e. The minimum Gasteiger partial charge on any atom is -0.387 e. The van der Waals surface area contributed by atoms with E-state index >= 15 is 0 Å². The molecule has 1 N–H and O–H groups in total. The lowest BCUT2D eigenvalue weighted by Crippen LogP contribution is -2.53. The molecule has 0 radical (unpaired) electrons. The summed E-state index contributed by atoms with van der Waals surface area (Å²) in [4.78, 5) is 23.5. The van der Waals surface area contributed by atoms with Gasteiger partial charge in [0.2, 0.25) is 5.95 Å². The first-order valence-corrected chi connectivity index (χ1v) is 9.59. The Labute approximate surface area is 168 Å². The number of hydrogen-bond donors (Lipinski definition) is 1. The molecule has 7 heteroatoms. The van der Waals surface area contributed by atoms with E-state index in [1.54, 1.807) is 41.2 Å². The number of nitrogens with zero attached hydrogens (tertiary/aromatic N) is 4. The molecule has 150 valence electrons. The van der Waals surface area contributed by atoms with Gasteiger partial charge in [-0.3, -0.25) is 14.3 Å². The average molecular weight is 394 g/mol. The molecule has 2 aromatic heterocycles. The van der Waals surface area contributed by atoms with Crippen molar-refractivity contribution in [3.05, 3.63) is 76.6 Å². The van der Waals surface area contributed by atoms with Crippen molar-refractivity contribution < 1.29 is 9.50 Å². The second-order valence-corrected chi connectivity index (χ2v) is 7.91. The van der Waals surface area contributed by atoms with Gasteiger partial charge in [0.15, 0.2) is 0 Å². The zero-order chi connectivity index (χ0) is 20.6. The molecule has 0 spiro atoms. The van der Waals surface area contributed by atoms with Crippen molar-refractivity contribution in [2.75, 3.05) is 11.4 Å². The van der Waals surface area contributed by atoms with Crippen molar-refractivity contribution >= 4 is 5.95 Å². The van der Waals surface area contributed by atoms with E-state index < -0.39 is 11.9 Å². The van der Waals surface area contributed by atoms with Crippen LogP contribution in [0.2, 0.25) is 0 Å². The van der Waals surface area contributed by atoms with Crippen LogP contribution >= 0.6 is 0 Å². The second-order valence-electron chi connectivity index (χ2n) is 7.91. The Balaban J connectivity index is 1.76. The fraction of sp³-hybridized carbons (Fsp3) is 0.318. The van der Waals surface area contributed by atoms with Crippen LogP contribution in [0.1, 0.15) is 31.9 Å². The predicted octanol–water partition coefficient (Wildman–Crippen LogP) is 3.17. The number of aliphatic hydroxyl groups is 1. The van der Waals surface area contributed by atoms with E-state index in [1.807, 2.05) is 4.90 Å². The van der Waals surface area contributed by atoms with E-state index in [1.165, 1.54) is 18.2 Å².